The van der Waals surface area contributed by atoms with E-state index in [-0.39, 0.29) is 39.0 Å². The average molecular weight is 1040 g/mol. The summed E-state index contributed by atoms with van der Waals surface area (Å²) in [5, 5.41) is 3.17. The van der Waals surface area contributed by atoms with E-state index in [0.29, 0.717) is 0 Å². The Morgan fingerprint density at radius 2 is 0.844 bits per heavy atom. The third-order valence-corrected chi connectivity index (χ3v) is 16.4. The second kappa shape index (κ2) is 20.3. The van der Waals surface area contributed by atoms with E-state index < -0.39 is 14.4 Å². The summed E-state index contributed by atoms with van der Waals surface area (Å²) in [7, 11) is -6.11. The first-order valence-corrected chi connectivity index (χ1v) is 23.9. The van der Waals surface area contributed by atoms with E-state index in [2.05, 4.69) is 74.5 Å². The molecule has 8 aromatic rings. The number of nitrogens with zero attached hydrogens (tertiary/aromatic N) is 2. The molecule has 2 atom stereocenters. The molecule has 0 saturated carbocycles. The number of hydrogen-bond donors (Lipinski definition) is 0. The summed E-state index contributed by atoms with van der Waals surface area (Å²) in [6.07, 6.45) is 5.83. The summed E-state index contributed by atoms with van der Waals surface area (Å²) < 4.78 is 33.5. The monoisotopic (exact) mass is 1040 g/mol. The number of para-hydroxylation sites is 1. The Labute approximate surface area is 402 Å². The van der Waals surface area contributed by atoms with Crippen molar-refractivity contribution in [3.63, 3.8) is 0 Å². The number of benzene rings is 8. The quantitative estimate of drug-likeness (QED) is 0.0866. The molecule has 2 radical (unpaired) electrons. The fourth-order valence-corrected chi connectivity index (χ4v) is 12.7. The van der Waals surface area contributed by atoms with Crippen molar-refractivity contribution in [3.8, 4) is 22.3 Å². The van der Waals surface area contributed by atoms with Crippen LogP contribution in [0.5, 0.6) is 0 Å². The third-order valence-electron chi connectivity index (χ3n) is 11.1. The normalized spacial score (nSPS) is 17.4. The van der Waals surface area contributed by atoms with E-state index >= 15 is 0 Å². The Kier molecular flexibility index (Phi) is 14.7. The minimum atomic E-state index is -3.16. The molecule has 0 aromatic heterocycles. The second-order valence-electron chi connectivity index (χ2n) is 15.1. The fourth-order valence-electron chi connectivity index (χ4n) is 7.87. The second-order valence-corrected chi connectivity index (χ2v) is 20.0. The fraction of sp³-hybridized carbons (Fsp3) is 0. The van der Waals surface area contributed by atoms with Gasteiger partial charge in [-0.2, -0.15) is 43.4 Å². The van der Waals surface area contributed by atoms with E-state index in [1.165, 1.54) is 5.56 Å². The van der Waals surface area contributed by atoms with Gasteiger partial charge in [0.25, 0.3) is 0 Å². The molecule has 0 fully saturated rings. The van der Waals surface area contributed by atoms with E-state index in [9.17, 15) is 9.13 Å². The zero-order valence-electron chi connectivity index (χ0n) is 34.7. The molecule has 0 bridgehead atoms. The molecule has 4 nitrogen and oxygen atoms in total. The van der Waals surface area contributed by atoms with Crippen LogP contribution in [0.15, 0.2) is 235 Å². The van der Waals surface area contributed by atoms with Crippen molar-refractivity contribution in [1.82, 2.24) is 0 Å². The van der Waals surface area contributed by atoms with Crippen LogP contribution < -0.4 is 15.5 Å². The molecule has 0 amide bonds. The molecule has 0 spiro atoms. The predicted octanol–water partition coefficient (Wildman–Crippen LogP) is 14.1. The summed E-state index contributed by atoms with van der Waals surface area (Å²) >= 11 is 0. The van der Waals surface area contributed by atoms with Crippen molar-refractivity contribution >= 4 is 47.1 Å². The number of hydrogen-bond acceptors (Lipinski definition) is 3. The van der Waals surface area contributed by atoms with Crippen molar-refractivity contribution in [3.05, 3.63) is 279 Å². The van der Waals surface area contributed by atoms with Crippen molar-refractivity contribution in [2.45, 2.75) is 0 Å². The van der Waals surface area contributed by atoms with Crippen LogP contribution in [0.25, 0.3) is 32.9 Å². The standard InChI is InChI=1S/C28H22NOP.C28H21NOP.2Rh/c1-22-10-8-9-15-27(22)29-20-28(31(30,21-29)26-13-6-3-7-14-26)25-18-16-24(17-19-25)23-11-4-2-5-12-23;1-21-10-8-9-15-26(21)27-20-28(31(30,29-27)25-13-6-3-7-14-25)24-18-16-23(17-19-24)22-11-4-2-5-12-22;;/h2-21H,1H2;2-20H,1H2;;/q-2;-1;;+2. The van der Waals surface area contributed by atoms with Crippen molar-refractivity contribution < 1.29 is 48.1 Å². The molecular formula is C56H43N2O2P2Rh2-. The minimum Gasteiger partial charge on any atom is -0.544 e. The predicted molar refractivity (Wildman–Crippen MR) is 262 cm³/mol. The van der Waals surface area contributed by atoms with Gasteiger partial charge in [-0.15, -0.1) is 23.8 Å². The molecule has 0 aliphatic carbocycles. The largest absolute Gasteiger partial charge is 2.00 e. The Morgan fingerprint density at radius 1 is 0.438 bits per heavy atom. The summed E-state index contributed by atoms with van der Waals surface area (Å²) in [5.74, 6) is 0. The smallest absolute Gasteiger partial charge is 0.544 e. The van der Waals surface area contributed by atoms with Gasteiger partial charge in [-0.1, -0.05) is 182 Å². The Balaban J connectivity index is 0.000000186. The van der Waals surface area contributed by atoms with Crippen LogP contribution in [0.3, 0.4) is 0 Å². The number of anilines is 1. The van der Waals surface area contributed by atoms with Crippen LogP contribution in [-0.4, -0.2) is 5.71 Å². The van der Waals surface area contributed by atoms with Crippen molar-refractivity contribution in [2.24, 2.45) is 4.76 Å². The summed E-state index contributed by atoms with van der Waals surface area (Å²) in [4.78, 5) is 1.97. The van der Waals surface area contributed by atoms with Crippen LogP contribution in [0, 0.1) is 20.1 Å². The molecule has 0 N–H and O–H groups in total. The molecule has 2 unspecified atom stereocenters. The Morgan fingerprint density at radius 3 is 1.36 bits per heavy atom. The molecule has 318 valence electrons. The zero-order chi connectivity index (χ0) is 42.5. The van der Waals surface area contributed by atoms with Gasteiger partial charge >= 0.3 is 19.5 Å². The van der Waals surface area contributed by atoms with Gasteiger partial charge in [0.1, 0.15) is 0 Å². The first kappa shape index (κ1) is 46.2. The first-order valence-electron chi connectivity index (χ1n) is 20.4. The van der Waals surface area contributed by atoms with Crippen molar-refractivity contribution in [2.75, 3.05) is 4.90 Å². The SMILES string of the molecule is [CH2-]c1ccccc1C1=NP(=O)(c2ccccc2)C(c2ccc(-c3ccccc3)cc2)=C1.[CH2-]c1ccccc1N1C=C(c2ccc(-c3ccccc3)cc2)P(=O)(c2ccccc2)[CH-]1.[Rh+2].[Rh]. The summed E-state index contributed by atoms with van der Waals surface area (Å²) in [6, 6.07) is 72.1. The minimum absolute atomic E-state index is 0. The van der Waals surface area contributed by atoms with E-state index in [1.807, 2.05) is 181 Å². The molecule has 8 aromatic carbocycles. The Bertz CT molecular complexity index is 2970. The van der Waals surface area contributed by atoms with Gasteiger partial charge in [0.05, 0.1) is 0 Å². The molecule has 2 aliphatic rings. The van der Waals surface area contributed by atoms with Gasteiger partial charge in [-0.05, 0) is 63.1 Å². The number of allylic oxidation sites excluding steroid dienone is 1. The number of rotatable bonds is 8. The molecule has 64 heavy (non-hydrogen) atoms. The van der Waals surface area contributed by atoms with Gasteiger partial charge in [-0.3, -0.25) is 4.57 Å². The van der Waals surface area contributed by atoms with Gasteiger partial charge in [0.2, 0.25) is 7.29 Å². The van der Waals surface area contributed by atoms with E-state index in [0.717, 1.165) is 77.1 Å². The van der Waals surface area contributed by atoms with Gasteiger partial charge < -0.3 is 9.46 Å². The van der Waals surface area contributed by atoms with Gasteiger partial charge in [-0.25, -0.2) is 4.76 Å². The van der Waals surface area contributed by atoms with Crippen LogP contribution >= 0.6 is 14.4 Å². The maximum Gasteiger partial charge on any atom is 2.00 e. The Hall–Kier alpha value is -5.84. The van der Waals surface area contributed by atoms with Crippen LogP contribution in [0.1, 0.15) is 27.8 Å². The van der Waals surface area contributed by atoms with Crippen LogP contribution in [0.4, 0.5) is 5.69 Å². The maximum absolute atomic E-state index is 14.4. The molecule has 2 aliphatic heterocycles. The first-order chi connectivity index (χ1) is 30.3. The zero-order valence-corrected chi connectivity index (χ0v) is 39.8. The maximum atomic E-state index is 14.4. The molecule has 10 rings (SSSR count). The molecule has 0 saturated heterocycles. The van der Waals surface area contributed by atoms with Gasteiger partial charge in [0.15, 0.2) is 0 Å². The summed E-state index contributed by atoms with van der Waals surface area (Å²) in [6.45, 7) is 8.28. The molecule has 2 heterocycles. The molecule has 8 heteroatoms. The van der Waals surface area contributed by atoms with Crippen LogP contribution in [-0.2, 0) is 48.1 Å². The summed E-state index contributed by atoms with van der Waals surface area (Å²) in [5.41, 5.74) is 10.8. The van der Waals surface area contributed by atoms with E-state index in [4.69, 9.17) is 4.76 Å². The molecular weight excluding hydrogens is 1000 g/mol. The van der Waals surface area contributed by atoms with E-state index in [1.54, 1.807) is 0 Å². The van der Waals surface area contributed by atoms with Gasteiger partial charge in [0, 0.05) is 48.3 Å². The van der Waals surface area contributed by atoms with Crippen molar-refractivity contribution in [1.29, 1.82) is 0 Å². The third kappa shape index (κ3) is 9.49. The van der Waals surface area contributed by atoms with Crippen LogP contribution in [0.2, 0.25) is 0 Å². The topological polar surface area (TPSA) is 49.7 Å². The average Bonchev–Trinajstić information content (AvgIpc) is 3.89.